The Bertz CT molecular complexity index is 55.5. The molecule has 0 aliphatic rings. The van der Waals surface area contributed by atoms with E-state index in [0.29, 0.717) is 0 Å². The second kappa shape index (κ2) is 6.98. The summed E-state index contributed by atoms with van der Waals surface area (Å²) in [6.45, 7) is 3.44. The molecule has 5 heteroatoms. The van der Waals surface area contributed by atoms with Gasteiger partial charge in [-0.2, -0.15) is 0 Å². The van der Waals surface area contributed by atoms with Crippen molar-refractivity contribution in [2.45, 2.75) is 20.0 Å². The Hall–Kier alpha value is -0.0200. The number of hydrogen-bond acceptors (Lipinski definition) is 2. The lowest BCUT2D eigenvalue weighted by atomic mass is 10.5. The second-order valence-corrected chi connectivity index (χ2v) is 1.85. The fraction of sp³-hybridized carbons (Fsp3) is 1.00. The molecule has 4 nitrogen and oxygen atoms in total. The summed E-state index contributed by atoms with van der Waals surface area (Å²) in [5, 5.41) is 8.06. The van der Waals surface area contributed by atoms with Crippen molar-refractivity contribution in [2.75, 3.05) is 0 Å². The molecule has 50 valence electrons. The van der Waals surface area contributed by atoms with E-state index in [4.69, 9.17) is 19.5 Å². The Labute approximate surface area is 48.7 Å². The van der Waals surface area contributed by atoms with Gasteiger partial charge in [-0.1, -0.05) is 0 Å². The van der Waals surface area contributed by atoms with Crippen LogP contribution in [-0.4, -0.2) is 21.0 Å². The summed E-state index contributed by atoms with van der Waals surface area (Å²) in [5.41, 5.74) is 0. The third-order valence-corrected chi connectivity index (χ3v) is 0. The van der Waals surface area contributed by atoms with Gasteiger partial charge in [0.15, 0.2) is 0 Å². The molecule has 0 saturated heterocycles. The Morgan fingerprint density at radius 2 is 1.38 bits per heavy atom. The molecule has 0 atom stereocenters. The number of rotatable bonds is 0. The summed E-state index contributed by atoms with van der Waals surface area (Å²) in [7, 11) is -2.87. The van der Waals surface area contributed by atoms with Crippen LogP contribution in [0.2, 0.25) is 0 Å². The van der Waals surface area contributed by atoms with Crippen molar-refractivity contribution >= 4 is 8.25 Å². The first-order valence-electron chi connectivity index (χ1n) is 2.00. The van der Waals surface area contributed by atoms with Gasteiger partial charge in [-0.05, 0) is 13.8 Å². The van der Waals surface area contributed by atoms with E-state index in [1.54, 1.807) is 13.8 Å². The number of hydrogen-bond donors (Lipinski definition) is 3. The van der Waals surface area contributed by atoms with Gasteiger partial charge in [0.05, 0.1) is 0 Å². The normalized spacial score (nSPS) is 7.75. The van der Waals surface area contributed by atoms with Crippen LogP contribution < -0.4 is 0 Å². The van der Waals surface area contributed by atoms with E-state index in [2.05, 4.69) is 0 Å². The summed E-state index contributed by atoms with van der Waals surface area (Å²) in [6.07, 6.45) is -0.167. The standard InChI is InChI=1S/C3H8O.HO3P/c1-3(2)4;1-4(2)3/h3-4H,1-2H3;(H-,1,2,3)/p+1. The molecule has 0 bridgehead atoms. The first kappa shape index (κ1) is 10.9. The molecule has 0 heterocycles. The highest BCUT2D eigenvalue weighted by Crippen LogP contribution is 1.98. The fourth-order valence-electron chi connectivity index (χ4n) is 0. The minimum Gasteiger partial charge on any atom is -0.394 e. The minimum atomic E-state index is -2.87. The maximum Gasteiger partial charge on any atom is 0.692 e. The zero-order valence-corrected chi connectivity index (χ0v) is 5.67. The van der Waals surface area contributed by atoms with E-state index in [1.165, 1.54) is 0 Å². The summed E-state index contributed by atoms with van der Waals surface area (Å²) in [6, 6.07) is 0. The molecule has 0 saturated carbocycles. The third kappa shape index (κ3) is 371000. The molecule has 0 aromatic heterocycles. The Kier molecular flexibility index (Phi) is 9.49. The van der Waals surface area contributed by atoms with E-state index in [0.717, 1.165) is 0 Å². The smallest absolute Gasteiger partial charge is 0.394 e. The largest absolute Gasteiger partial charge is 0.692 e. The topological polar surface area (TPSA) is 77.8 Å². The average Bonchev–Trinajstić information content (AvgIpc) is 1.25. The third-order valence-electron chi connectivity index (χ3n) is 0. The van der Waals surface area contributed by atoms with Crippen LogP contribution in [0.25, 0.3) is 0 Å². The van der Waals surface area contributed by atoms with Gasteiger partial charge in [0.2, 0.25) is 0 Å². The summed E-state index contributed by atoms with van der Waals surface area (Å²) >= 11 is 0. The highest BCUT2D eigenvalue weighted by molar-refractivity contribution is 7.30. The molecule has 0 rings (SSSR count). The van der Waals surface area contributed by atoms with E-state index < -0.39 is 8.25 Å². The maximum absolute atomic E-state index is 8.70. The van der Waals surface area contributed by atoms with E-state index in [-0.39, 0.29) is 6.10 Å². The van der Waals surface area contributed by atoms with E-state index in [9.17, 15) is 0 Å². The number of aliphatic hydroxyl groups is 1. The monoisotopic (exact) mass is 141 g/mol. The lowest BCUT2D eigenvalue weighted by Crippen LogP contribution is -1.85. The molecule has 0 aromatic carbocycles. The summed E-state index contributed by atoms with van der Waals surface area (Å²) < 4.78 is 8.70. The molecular formula is C3H10O4P+. The van der Waals surface area contributed by atoms with Crippen molar-refractivity contribution in [3.05, 3.63) is 0 Å². The molecule has 0 radical (unpaired) electrons. The van der Waals surface area contributed by atoms with Crippen molar-refractivity contribution < 1.29 is 19.5 Å². The van der Waals surface area contributed by atoms with Crippen LogP contribution in [0.4, 0.5) is 0 Å². The van der Waals surface area contributed by atoms with Gasteiger partial charge in [0.25, 0.3) is 0 Å². The molecular weight excluding hydrogens is 131 g/mol. The van der Waals surface area contributed by atoms with Crippen molar-refractivity contribution in [3.63, 3.8) is 0 Å². The van der Waals surface area contributed by atoms with Gasteiger partial charge >= 0.3 is 8.25 Å². The van der Waals surface area contributed by atoms with Crippen molar-refractivity contribution in [1.82, 2.24) is 0 Å². The van der Waals surface area contributed by atoms with Crippen LogP contribution in [0.1, 0.15) is 13.8 Å². The van der Waals surface area contributed by atoms with E-state index in [1.807, 2.05) is 0 Å². The second-order valence-electron chi connectivity index (χ2n) is 1.35. The van der Waals surface area contributed by atoms with Gasteiger partial charge in [-0.3, -0.25) is 0 Å². The molecule has 0 aliphatic heterocycles. The van der Waals surface area contributed by atoms with Crippen molar-refractivity contribution in [3.8, 4) is 0 Å². The SMILES string of the molecule is CC(C)O.O=[P+](O)O. The molecule has 0 fully saturated rings. The summed E-state index contributed by atoms with van der Waals surface area (Å²) in [5.74, 6) is 0. The lowest BCUT2D eigenvalue weighted by molar-refractivity contribution is 0.216. The Morgan fingerprint density at radius 1 is 1.38 bits per heavy atom. The predicted molar refractivity (Wildman–Crippen MR) is 29.4 cm³/mol. The van der Waals surface area contributed by atoms with Crippen molar-refractivity contribution in [1.29, 1.82) is 0 Å². The van der Waals surface area contributed by atoms with Crippen LogP contribution in [-0.2, 0) is 4.57 Å². The van der Waals surface area contributed by atoms with Gasteiger partial charge < -0.3 is 5.11 Å². The van der Waals surface area contributed by atoms with Crippen LogP contribution in [0, 0.1) is 0 Å². The lowest BCUT2D eigenvalue weighted by Gasteiger charge is -1.80. The van der Waals surface area contributed by atoms with Crippen LogP contribution >= 0.6 is 8.25 Å². The first-order valence-corrected chi connectivity index (χ1v) is 3.16. The highest BCUT2D eigenvalue weighted by Gasteiger charge is 1.93. The highest BCUT2D eigenvalue weighted by atomic mass is 31.1. The zero-order valence-electron chi connectivity index (χ0n) is 4.77. The van der Waals surface area contributed by atoms with Crippen molar-refractivity contribution in [2.24, 2.45) is 0 Å². The Balaban J connectivity index is 0. The Morgan fingerprint density at radius 3 is 1.38 bits per heavy atom. The average molecular weight is 141 g/mol. The number of aliphatic hydroxyl groups excluding tert-OH is 1. The van der Waals surface area contributed by atoms with Gasteiger partial charge in [0, 0.05) is 10.7 Å². The molecule has 0 spiro atoms. The molecule has 0 aliphatic carbocycles. The molecule has 8 heavy (non-hydrogen) atoms. The molecule has 0 aromatic rings. The quantitative estimate of drug-likeness (QED) is 0.415. The van der Waals surface area contributed by atoms with Crippen LogP contribution in [0.15, 0.2) is 0 Å². The van der Waals surface area contributed by atoms with Gasteiger partial charge in [-0.15, -0.1) is 9.79 Å². The molecule has 0 amide bonds. The fourth-order valence-corrected chi connectivity index (χ4v) is 0. The van der Waals surface area contributed by atoms with Gasteiger partial charge in [0.1, 0.15) is 0 Å². The van der Waals surface area contributed by atoms with E-state index >= 15 is 0 Å². The minimum absolute atomic E-state index is 0.167. The first-order chi connectivity index (χ1) is 3.46. The molecule has 3 N–H and O–H groups in total. The molecule has 0 unspecified atom stereocenters. The van der Waals surface area contributed by atoms with Crippen LogP contribution in [0.3, 0.4) is 0 Å². The predicted octanol–water partition coefficient (Wildman–Crippen LogP) is 0.0155. The van der Waals surface area contributed by atoms with Gasteiger partial charge in [-0.25, -0.2) is 0 Å². The maximum atomic E-state index is 8.70. The van der Waals surface area contributed by atoms with Crippen LogP contribution in [0.5, 0.6) is 0 Å². The summed E-state index contributed by atoms with van der Waals surface area (Å²) in [4.78, 5) is 14.2. The zero-order chi connectivity index (χ0) is 7.15.